The first-order valence-corrected chi connectivity index (χ1v) is 13.9. The molecule has 3 rings (SSSR count). The minimum Gasteiger partial charge on any atom is -0.453 e. The molecular formula is C27H42ClFN4O5. The van der Waals surface area contributed by atoms with Gasteiger partial charge in [-0.15, -0.1) is 0 Å². The number of ether oxygens (including phenoxy) is 3. The minimum atomic E-state index is -0.550. The molecule has 3 amide bonds. The quantitative estimate of drug-likeness (QED) is 0.355. The predicted molar refractivity (Wildman–Crippen MR) is 144 cm³/mol. The third-order valence-electron chi connectivity index (χ3n) is 7.27. The average Bonchev–Trinajstić information content (AvgIpc) is 3.18. The number of piperidine rings is 1. The van der Waals surface area contributed by atoms with E-state index < -0.39 is 18.0 Å². The topological polar surface area (TPSA) is 101 Å². The number of halogens is 2. The van der Waals surface area contributed by atoms with Gasteiger partial charge >= 0.3 is 12.1 Å². The molecule has 38 heavy (non-hydrogen) atoms. The number of rotatable bonds is 11. The van der Waals surface area contributed by atoms with E-state index in [2.05, 4.69) is 20.7 Å². The summed E-state index contributed by atoms with van der Waals surface area (Å²) in [6, 6.07) is 4.41. The Hall–Kier alpha value is -2.14. The third kappa shape index (κ3) is 9.87. The Bertz CT molecular complexity index is 867. The maximum Gasteiger partial charge on any atom is 0.406 e. The molecule has 1 aromatic carbocycles. The van der Waals surface area contributed by atoms with E-state index in [1.807, 2.05) is 7.05 Å². The van der Waals surface area contributed by atoms with Gasteiger partial charge < -0.3 is 35.1 Å². The highest BCUT2D eigenvalue weighted by atomic mass is 35.5. The first kappa shape index (κ1) is 30.4. The highest BCUT2D eigenvalue weighted by Gasteiger charge is 2.32. The van der Waals surface area contributed by atoms with Gasteiger partial charge in [-0.3, -0.25) is 0 Å². The molecule has 2 saturated heterocycles. The van der Waals surface area contributed by atoms with Gasteiger partial charge in [-0.1, -0.05) is 18.0 Å². The molecule has 2 fully saturated rings. The number of hydrogen-bond donors (Lipinski definition) is 3. The molecule has 0 spiro atoms. The monoisotopic (exact) mass is 556 g/mol. The summed E-state index contributed by atoms with van der Waals surface area (Å²) in [6.45, 7) is 3.69. The number of amides is 3. The smallest absolute Gasteiger partial charge is 0.406 e. The predicted octanol–water partition coefficient (Wildman–Crippen LogP) is 4.11. The van der Waals surface area contributed by atoms with E-state index in [-0.39, 0.29) is 36.2 Å². The van der Waals surface area contributed by atoms with E-state index in [1.165, 1.54) is 25.7 Å². The second kappa shape index (κ2) is 16.1. The van der Waals surface area contributed by atoms with Crippen LogP contribution in [0.2, 0.25) is 5.02 Å². The van der Waals surface area contributed by atoms with Gasteiger partial charge in [0.2, 0.25) is 0 Å². The van der Waals surface area contributed by atoms with Crippen LogP contribution in [0.1, 0.15) is 50.2 Å². The summed E-state index contributed by atoms with van der Waals surface area (Å²) in [6.07, 6.45) is 4.98. The van der Waals surface area contributed by atoms with E-state index in [0.717, 1.165) is 45.3 Å². The van der Waals surface area contributed by atoms with Gasteiger partial charge in [0.05, 0.1) is 19.8 Å². The van der Waals surface area contributed by atoms with E-state index >= 15 is 0 Å². The van der Waals surface area contributed by atoms with Crippen molar-refractivity contribution in [1.29, 1.82) is 0 Å². The van der Waals surface area contributed by atoms with Crippen molar-refractivity contribution in [2.45, 2.75) is 50.7 Å². The normalized spacial score (nSPS) is 21.7. The second-order valence-electron chi connectivity index (χ2n) is 10.1. The van der Waals surface area contributed by atoms with Crippen LogP contribution in [0.5, 0.6) is 0 Å². The number of alkyl carbamates (subject to hydrolysis) is 1. The third-order valence-corrected chi connectivity index (χ3v) is 7.49. The molecule has 4 atom stereocenters. The van der Waals surface area contributed by atoms with Gasteiger partial charge in [0.1, 0.15) is 5.82 Å². The number of methoxy groups -OCH3 is 1. The van der Waals surface area contributed by atoms with Crippen LogP contribution < -0.4 is 16.0 Å². The number of benzene rings is 1. The van der Waals surface area contributed by atoms with E-state index in [0.29, 0.717) is 31.1 Å². The highest BCUT2D eigenvalue weighted by molar-refractivity contribution is 6.30. The summed E-state index contributed by atoms with van der Waals surface area (Å²) >= 11 is 6.14. The minimum absolute atomic E-state index is 0.0614. The number of likely N-dealkylation sites (tertiary alicyclic amines) is 1. The maximum atomic E-state index is 14.2. The number of likely N-dealkylation sites (N-methyl/N-ethyl adjacent to an activating group) is 1. The van der Waals surface area contributed by atoms with Gasteiger partial charge in [0.25, 0.3) is 0 Å². The zero-order valence-corrected chi connectivity index (χ0v) is 23.2. The van der Waals surface area contributed by atoms with Gasteiger partial charge in [-0.05, 0) is 68.8 Å². The molecule has 0 saturated carbocycles. The lowest BCUT2D eigenvalue weighted by atomic mass is 9.88. The SMILES string of the molecule is CNC(CNC(=O)N1CCCC(C(OCCNC(=O)OC)c2cc(F)cc(Cl)c2)C1)CC1CCCCOC1. The lowest BCUT2D eigenvalue weighted by Crippen LogP contribution is -2.50. The lowest BCUT2D eigenvalue weighted by Gasteiger charge is -2.37. The maximum absolute atomic E-state index is 14.2. The molecule has 2 aliphatic heterocycles. The summed E-state index contributed by atoms with van der Waals surface area (Å²) in [5.74, 6) is -0.0130. The first-order valence-electron chi connectivity index (χ1n) is 13.6. The van der Waals surface area contributed by atoms with Gasteiger partial charge in [0.15, 0.2) is 0 Å². The van der Waals surface area contributed by atoms with Crippen molar-refractivity contribution in [1.82, 2.24) is 20.9 Å². The van der Waals surface area contributed by atoms with Gasteiger partial charge in [-0.25, -0.2) is 14.0 Å². The van der Waals surface area contributed by atoms with E-state index in [1.54, 1.807) is 11.0 Å². The molecule has 0 bridgehead atoms. The Kier molecular flexibility index (Phi) is 12.9. The van der Waals surface area contributed by atoms with Crippen LogP contribution in [0.3, 0.4) is 0 Å². The molecule has 214 valence electrons. The first-order chi connectivity index (χ1) is 18.4. The molecule has 2 aliphatic rings. The second-order valence-corrected chi connectivity index (χ2v) is 10.5. The summed E-state index contributed by atoms with van der Waals surface area (Å²) in [5.41, 5.74) is 0.612. The molecule has 0 radical (unpaired) electrons. The fourth-order valence-electron chi connectivity index (χ4n) is 5.28. The van der Waals surface area contributed by atoms with Gasteiger partial charge in [-0.2, -0.15) is 0 Å². The molecule has 4 unspecified atom stereocenters. The lowest BCUT2D eigenvalue weighted by molar-refractivity contribution is -0.00865. The molecular weight excluding hydrogens is 515 g/mol. The number of carbonyl (C=O) groups is 2. The molecule has 1 aromatic rings. The Labute approximate surface area is 230 Å². The Morgan fingerprint density at radius 2 is 2.05 bits per heavy atom. The number of hydrogen-bond acceptors (Lipinski definition) is 6. The van der Waals surface area contributed by atoms with Crippen molar-refractivity contribution in [3.05, 3.63) is 34.6 Å². The highest BCUT2D eigenvalue weighted by Crippen LogP contribution is 2.34. The molecule has 0 aliphatic carbocycles. The van der Waals surface area contributed by atoms with Crippen LogP contribution in [-0.4, -0.2) is 83.2 Å². The standard InChI is InChI=1S/C27H42ClFN4O5/c1-30-24(12-19-6-3-4-10-37-18-19)16-32-26(34)33-9-5-7-20(17-33)25(38-11-8-31-27(35)36-2)21-13-22(28)15-23(29)14-21/h13-15,19-20,24-25,30H,3-12,16-18H2,1-2H3,(H,31,35)(H,32,34). The number of carbonyl (C=O) groups excluding carboxylic acids is 2. The van der Waals surface area contributed by atoms with Crippen LogP contribution in [0.15, 0.2) is 18.2 Å². The van der Waals surface area contributed by atoms with Crippen molar-refractivity contribution < 1.29 is 28.2 Å². The van der Waals surface area contributed by atoms with Crippen LogP contribution >= 0.6 is 11.6 Å². The largest absolute Gasteiger partial charge is 0.453 e. The summed E-state index contributed by atoms with van der Waals surface area (Å²) in [7, 11) is 3.21. The van der Waals surface area contributed by atoms with Crippen molar-refractivity contribution >= 4 is 23.7 Å². The summed E-state index contributed by atoms with van der Waals surface area (Å²) < 4.78 is 30.6. The van der Waals surface area contributed by atoms with Crippen LogP contribution in [-0.2, 0) is 14.2 Å². The van der Waals surface area contributed by atoms with Crippen LogP contribution in [0.4, 0.5) is 14.0 Å². The van der Waals surface area contributed by atoms with Crippen LogP contribution in [0.25, 0.3) is 0 Å². The van der Waals surface area contributed by atoms with E-state index in [9.17, 15) is 14.0 Å². The fourth-order valence-corrected chi connectivity index (χ4v) is 5.51. The van der Waals surface area contributed by atoms with Crippen molar-refractivity contribution in [2.24, 2.45) is 11.8 Å². The average molecular weight is 557 g/mol. The van der Waals surface area contributed by atoms with E-state index in [4.69, 9.17) is 21.1 Å². The summed E-state index contributed by atoms with van der Waals surface area (Å²) in [5, 5.41) is 9.29. The molecule has 0 aromatic heterocycles. The van der Waals surface area contributed by atoms with Crippen molar-refractivity contribution in [3.63, 3.8) is 0 Å². The number of nitrogens with one attached hydrogen (secondary N) is 3. The molecule has 11 heteroatoms. The zero-order valence-electron chi connectivity index (χ0n) is 22.5. The molecule has 9 nitrogen and oxygen atoms in total. The van der Waals surface area contributed by atoms with Gasteiger partial charge in [0, 0.05) is 56.4 Å². The molecule has 2 heterocycles. The zero-order chi connectivity index (χ0) is 27.3. The Morgan fingerprint density at radius 1 is 1.21 bits per heavy atom. The van der Waals surface area contributed by atoms with Crippen LogP contribution in [0, 0.1) is 17.7 Å². The number of urea groups is 1. The number of nitrogens with zero attached hydrogens (tertiary/aromatic N) is 1. The summed E-state index contributed by atoms with van der Waals surface area (Å²) in [4.78, 5) is 26.3. The Morgan fingerprint density at radius 3 is 2.82 bits per heavy atom. The van der Waals surface area contributed by atoms with Crippen molar-refractivity contribution in [2.75, 3.05) is 60.2 Å². The molecule has 3 N–H and O–H groups in total. The van der Waals surface area contributed by atoms with Crippen molar-refractivity contribution in [3.8, 4) is 0 Å². The Balaban J connectivity index is 1.59. The fraction of sp³-hybridized carbons (Fsp3) is 0.704.